The minimum atomic E-state index is 0.479. The maximum Gasteiger partial charge on any atom is -0.0251 e. The molecule has 0 aliphatic heterocycles. The van der Waals surface area contributed by atoms with Crippen molar-refractivity contribution in [3.8, 4) is 0 Å². The number of hydrogen-bond acceptors (Lipinski definition) is 0. The zero-order valence-corrected chi connectivity index (χ0v) is 13.0. The molecule has 16 heavy (non-hydrogen) atoms. The molecule has 0 heteroatoms. The van der Waals surface area contributed by atoms with E-state index in [0.717, 1.165) is 11.8 Å². The Labute approximate surface area is 104 Å². The standard InChI is InChI=1S/C16H34/c1-9-11-15(7,12-13(3)4)16(8,10-2)14(5)6/h13-14H,9-12H2,1-8H3. The molecule has 98 valence electrons. The molecule has 0 nitrogen and oxygen atoms in total. The van der Waals surface area contributed by atoms with Crippen LogP contribution in [0.3, 0.4) is 0 Å². The minimum Gasteiger partial charge on any atom is -0.0654 e. The second-order valence-electron chi connectivity index (χ2n) is 6.83. The number of hydrogen-bond donors (Lipinski definition) is 0. The van der Waals surface area contributed by atoms with Crippen molar-refractivity contribution in [1.29, 1.82) is 0 Å². The van der Waals surface area contributed by atoms with Gasteiger partial charge in [-0.15, -0.1) is 0 Å². The van der Waals surface area contributed by atoms with Gasteiger partial charge in [0.1, 0.15) is 0 Å². The molecule has 0 radical (unpaired) electrons. The van der Waals surface area contributed by atoms with E-state index in [1.165, 1.54) is 25.7 Å². The smallest absolute Gasteiger partial charge is 0.0251 e. The van der Waals surface area contributed by atoms with E-state index in [0.29, 0.717) is 10.8 Å². The first kappa shape index (κ1) is 16.0. The summed E-state index contributed by atoms with van der Waals surface area (Å²) in [6, 6.07) is 0. The summed E-state index contributed by atoms with van der Waals surface area (Å²) in [4.78, 5) is 0. The van der Waals surface area contributed by atoms with Crippen LogP contribution in [0, 0.1) is 22.7 Å². The normalized spacial score (nSPS) is 19.9. The summed E-state index contributed by atoms with van der Waals surface area (Å²) < 4.78 is 0. The molecule has 0 aliphatic carbocycles. The van der Waals surface area contributed by atoms with Gasteiger partial charge in [0.05, 0.1) is 0 Å². The SMILES string of the molecule is CCCC(C)(CC(C)C)C(C)(CC)C(C)C. The molecule has 2 unspecified atom stereocenters. The topological polar surface area (TPSA) is 0 Å². The van der Waals surface area contributed by atoms with Crippen LogP contribution in [0.5, 0.6) is 0 Å². The van der Waals surface area contributed by atoms with Crippen molar-refractivity contribution in [2.75, 3.05) is 0 Å². The molecule has 0 spiro atoms. The average Bonchev–Trinajstić information content (AvgIpc) is 2.14. The van der Waals surface area contributed by atoms with Crippen molar-refractivity contribution >= 4 is 0 Å². The molecule has 0 aromatic carbocycles. The van der Waals surface area contributed by atoms with Crippen LogP contribution in [0.2, 0.25) is 0 Å². The van der Waals surface area contributed by atoms with Gasteiger partial charge < -0.3 is 0 Å². The Bertz CT molecular complexity index is 192. The summed E-state index contributed by atoms with van der Waals surface area (Å²) >= 11 is 0. The molecule has 0 fully saturated rings. The Morgan fingerprint density at radius 3 is 1.69 bits per heavy atom. The maximum absolute atomic E-state index is 2.53. The van der Waals surface area contributed by atoms with E-state index in [4.69, 9.17) is 0 Å². The molecule has 0 rings (SSSR count). The van der Waals surface area contributed by atoms with Crippen molar-refractivity contribution < 1.29 is 0 Å². The van der Waals surface area contributed by atoms with E-state index in [9.17, 15) is 0 Å². The second kappa shape index (κ2) is 6.07. The van der Waals surface area contributed by atoms with Crippen LogP contribution in [0.15, 0.2) is 0 Å². The highest BCUT2D eigenvalue weighted by Gasteiger charge is 2.44. The maximum atomic E-state index is 2.53. The fourth-order valence-electron chi connectivity index (χ4n) is 3.61. The van der Waals surface area contributed by atoms with Gasteiger partial charge in [-0.1, -0.05) is 61.8 Å². The molecular weight excluding hydrogens is 192 g/mol. The third kappa shape index (κ3) is 3.25. The summed E-state index contributed by atoms with van der Waals surface area (Å²) in [6.07, 6.45) is 5.34. The van der Waals surface area contributed by atoms with Crippen LogP contribution in [0.1, 0.15) is 81.1 Å². The molecule has 0 N–H and O–H groups in total. The Morgan fingerprint density at radius 1 is 0.938 bits per heavy atom. The highest BCUT2D eigenvalue weighted by Crippen LogP contribution is 2.53. The summed E-state index contributed by atoms with van der Waals surface area (Å²) in [5, 5.41) is 0. The van der Waals surface area contributed by atoms with Gasteiger partial charge in [-0.25, -0.2) is 0 Å². The molecule has 0 aromatic rings. The van der Waals surface area contributed by atoms with Crippen LogP contribution in [-0.2, 0) is 0 Å². The van der Waals surface area contributed by atoms with E-state index >= 15 is 0 Å². The first-order chi connectivity index (χ1) is 7.23. The first-order valence-electron chi connectivity index (χ1n) is 7.23. The lowest BCUT2D eigenvalue weighted by Gasteiger charge is -2.50. The van der Waals surface area contributed by atoms with E-state index in [2.05, 4.69) is 55.4 Å². The minimum absolute atomic E-state index is 0.479. The third-order valence-electron chi connectivity index (χ3n) is 5.05. The number of rotatable bonds is 7. The van der Waals surface area contributed by atoms with Gasteiger partial charge in [0.15, 0.2) is 0 Å². The van der Waals surface area contributed by atoms with Crippen LogP contribution >= 0.6 is 0 Å². The molecule has 0 bridgehead atoms. The van der Waals surface area contributed by atoms with E-state index in [1.807, 2.05) is 0 Å². The molecule has 0 aromatic heterocycles. The van der Waals surface area contributed by atoms with Gasteiger partial charge in [0.25, 0.3) is 0 Å². The van der Waals surface area contributed by atoms with Gasteiger partial charge >= 0.3 is 0 Å². The van der Waals surface area contributed by atoms with Crippen LogP contribution in [-0.4, -0.2) is 0 Å². The summed E-state index contributed by atoms with van der Waals surface area (Å²) in [5.74, 6) is 1.58. The van der Waals surface area contributed by atoms with Crippen molar-refractivity contribution in [1.82, 2.24) is 0 Å². The van der Waals surface area contributed by atoms with Gasteiger partial charge in [0, 0.05) is 0 Å². The van der Waals surface area contributed by atoms with E-state index < -0.39 is 0 Å². The summed E-state index contributed by atoms with van der Waals surface area (Å²) in [6.45, 7) is 19.3. The van der Waals surface area contributed by atoms with Crippen molar-refractivity contribution in [3.63, 3.8) is 0 Å². The predicted octanol–water partition coefficient (Wildman–Crippen LogP) is 5.91. The van der Waals surface area contributed by atoms with Gasteiger partial charge in [-0.2, -0.15) is 0 Å². The second-order valence-corrected chi connectivity index (χ2v) is 6.83. The monoisotopic (exact) mass is 226 g/mol. The zero-order valence-electron chi connectivity index (χ0n) is 13.0. The fraction of sp³-hybridized carbons (Fsp3) is 1.00. The highest BCUT2D eigenvalue weighted by atomic mass is 14.5. The molecule has 0 saturated carbocycles. The quantitative estimate of drug-likeness (QED) is 0.506. The van der Waals surface area contributed by atoms with Crippen LogP contribution in [0.4, 0.5) is 0 Å². The van der Waals surface area contributed by atoms with E-state index in [1.54, 1.807) is 0 Å². The Hall–Kier alpha value is 0. The molecule has 0 saturated heterocycles. The average molecular weight is 226 g/mol. The van der Waals surface area contributed by atoms with Gasteiger partial charge in [0.2, 0.25) is 0 Å². The fourth-order valence-corrected chi connectivity index (χ4v) is 3.61. The highest BCUT2D eigenvalue weighted by molar-refractivity contribution is 4.94. The zero-order chi connectivity index (χ0) is 13.0. The predicted molar refractivity (Wildman–Crippen MR) is 75.7 cm³/mol. The lowest BCUT2D eigenvalue weighted by molar-refractivity contribution is -0.00999. The van der Waals surface area contributed by atoms with Crippen LogP contribution < -0.4 is 0 Å². The van der Waals surface area contributed by atoms with Crippen molar-refractivity contribution in [2.24, 2.45) is 22.7 Å². The van der Waals surface area contributed by atoms with E-state index in [-0.39, 0.29) is 0 Å². The van der Waals surface area contributed by atoms with Gasteiger partial charge in [-0.3, -0.25) is 0 Å². The Morgan fingerprint density at radius 2 is 1.44 bits per heavy atom. The van der Waals surface area contributed by atoms with Crippen LogP contribution in [0.25, 0.3) is 0 Å². The lowest BCUT2D eigenvalue weighted by Crippen LogP contribution is -2.42. The Balaban J connectivity index is 5.12. The molecule has 0 aliphatic rings. The molecule has 2 atom stereocenters. The Kier molecular flexibility index (Phi) is 6.07. The van der Waals surface area contributed by atoms with Crippen molar-refractivity contribution in [3.05, 3.63) is 0 Å². The largest absolute Gasteiger partial charge is 0.0654 e. The first-order valence-corrected chi connectivity index (χ1v) is 7.23. The molecule has 0 amide bonds. The molecule has 0 heterocycles. The van der Waals surface area contributed by atoms with Crippen molar-refractivity contribution in [2.45, 2.75) is 81.1 Å². The summed E-state index contributed by atoms with van der Waals surface area (Å²) in [5.41, 5.74) is 0.978. The lowest BCUT2D eigenvalue weighted by atomic mass is 9.54. The third-order valence-corrected chi connectivity index (χ3v) is 5.05. The summed E-state index contributed by atoms with van der Waals surface area (Å²) in [7, 11) is 0. The molecular formula is C16H34. The van der Waals surface area contributed by atoms with Gasteiger partial charge in [-0.05, 0) is 41.9 Å².